The van der Waals surface area contributed by atoms with E-state index in [1.165, 1.54) is 0 Å². The van der Waals surface area contributed by atoms with Gasteiger partial charge in [0.05, 0.1) is 23.6 Å². The summed E-state index contributed by atoms with van der Waals surface area (Å²) in [7, 11) is -3.50. The van der Waals surface area contributed by atoms with Crippen molar-refractivity contribution in [2.75, 3.05) is 12.3 Å². The zero-order valence-electron chi connectivity index (χ0n) is 20.6. The van der Waals surface area contributed by atoms with Crippen LogP contribution >= 0.6 is 23.2 Å². The molecule has 0 saturated carbocycles. The number of hydrogen-bond acceptors (Lipinski definition) is 4. The SMILES string of the molecule is CCC(CNS(=O)(=O)CC)N1C(=O)C(C)(CC(=O)O)CC(c2cccc(Cl)c2)C1c1ccc(Cl)cc1. The first-order valence-electron chi connectivity index (χ1n) is 11.9. The van der Waals surface area contributed by atoms with Crippen molar-refractivity contribution in [2.24, 2.45) is 5.41 Å². The van der Waals surface area contributed by atoms with Gasteiger partial charge in [0.15, 0.2) is 0 Å². The number of carboxylic acid groups (broad SMARTS) is 1. The van der Waals surface area contributed by atoms with Crippen molar-refractivity contribution in [2.45, 2.75) is 58.0 Å². The van der Waals surface area contributed by atoms with Crippen molar-refractivity contribution in [3.05, 3.63) is 69.7 Å². The Labute approximate surface area is 222 Å². The van der Waals surface area contributed by atoms with Gasteiger partial charge in [-0.1, -0.05) is 61.3 Å². The van der Waals surface area contributed by atoms with E-state index in [2.05, 4.69) is 4.72 Å². The van der Waals surface area contributed by atoms with Gasteiger partial charge in [0.1, 0.15) is 0 Å². The van der Waals surface area contributed by atoms with Crippen LogP contribution in [-0.2, 0) is 19.6 Å². The first-order chi connectivity index (χ1) is 16.9. The Morgan fingerprint density at radius 3 is 2.36 bits per heavy atom. The first-order valence-corrected chi connectivity index (χ1v) is 14.3. The minimum Gasteiger partial charge on any atom is -0.481 e. The van der Waals surface area contributed by atoms with Gasteiger partial charge in [0.2, 0.25) is 15.9 Å². The van der Waals surface area contributed by atoms with E-state index in [1.54, 1.807) is 36.9 Å². The van der Waals surface area contributed by atoms with Gasteiger partial charge in [-0.25, -0.2) is 13.1 Å². The van der Waals surface area contributed by atoms with Crippen molar-refractivity contribution in [3.8, 4) is 0 Å². The molecule has 4 unspecified atom stereocenters. The van der Waals surface area contributed by atoms with Crippen molar-refractivity contribution in [1.82, 2.24) is 9.62 Å². The van der Waals surface area contributed by atoms with Crippen LogP contribution in [-0.4, -0.2) is 48.6 Å². The summed E-state index contributed by atoms with van der Waals surface area (Å²) >= 11 is 12.5. The highest BCUT2D eigenvalue weighted by Gasteiger charge is 2.52. The molecule has 2 aromatic rings. The molecule has 1 amide bonds. The quantitative estimate of drug-likeness (QED) is 0.417. The summed E-state index contributed by atoms with van der Waals surface area (Å²) < 4.78 is 27.1. The van der Waals surface area contributed by atoms with E-state index in [-0.39, 0.29) is 30.5 Å². The van der Waals surface area contributed by atoms with Crippen LogP contribution in [0.1, 0.15) is 63.1 Å². The molecular formula is C26H32Cl2N2O5S. The van der Waals surface area contributed by atoms with Gasteiger partial charge in [-0.2, -0.15) is 0 Å². The molecule has 3 rings (SSSR count). The molecule has 10 heteroatoms. The topological polar surface area (TPSA) is 104 Å². The largest absolute Gasteiger partial charge is 0.481 e. The molecule has 0 spiro atoms. The Morgan fingerprint density at radius 1 is 1.14 bits per heavy atom. The number of halogens is 2. The normalized spacial score (nSPS) is 23.5. The third-order valence-corrected chi connectivity index (χ3v) is 8.77. The number of aliphatic carboxylic acids is 1. The van der Waals surface area contributed by atoms with E-state index in [4.69, 9.17) is 23.2 Å². The van der Waals surface area contributed by atoms with E-state index in [9.17, 15) is 23.1 Å². The number of piperidine rings is 1. The minimum absolute atomic E-state index is 0.0217. The number of amides is 1. The lowest BCUT2D eigenvalue weighted by atomic mass is 9.67. The molecule has 2 N–H and O–H groups in total. The molecule has 0 radical (unpaired) electrons. The maximum Gasteiger partial charge on any atom is 0.304 e. The molecule has 1 aliphatic rings. The molecule has 36 heavy (non-hydrogen) atoms. The van der Waals surface area contributed by atoms with Crippen LogP contribution in [0.15, 0.2) is 48.5 Å². The highest BCUT2D eigenvalue weighted by atomic mass is 35.5. The molecule has 7 nitrogen and oxygen atoms in total. The summed E-state index contributed by atoms with van der Waals surface area (Å²) in [5, 5.41) is 10.8. The van der Waals surface area contributed by atoms with Crippen LogP contribution in [0.3, 0.4) is 0 Å². The van der Waals surface area contributed by atoms with Crippen molar-refractivity contribution in [1.29, 1.82) is 0 Å². The maximum atomic E-state index is 14.1. The van der Waals surface area contributed by atoms with Crippen LogP contribution in [0.4, 0.5) is 0 Å². The van der Waals surface area contributed by atoms with E-state index < -0.39 is 33.5 Å². The molecule has 0 bridgehead atoms. The predicted molar refractivity (Wildman–Crippen MR) is 142 cm³/mol. The summed E-state index contributed by atoms with van der Waals surface area (Å²) in [4.78, 5) is 27.6. The second-order valence-corrected chi connectivity index (χ2v) is 12.5. The maximum absolute atomic E-state index is 14.1. The molecule has 0 aromatic heterocycles. The highest BCUT2D eigenvalue weighted by Crippen LogP contribution is 2.52. The van der Waals surface area contributed by atoms with Crippen LogP contribution in [0.5, 0.6) is 0 Å². The number of nitrogens with zero attached hydrogens (tertiary/aromatic N) is 1. The number of rotatable bonds is 10. The van der Waals surface area contributed by atoms with Crippen molar-refractivity contribution < 1.29 is 23.1 Å². The zero-order valence-corrected chi connectivity index (χ0v) is 22.9. The van der Waals surface area contributed by atoms with Crippen LogP contribution in [0.25, 0.3) is 0 Å². The Balaban J connectivity index is 2.20. The molecule has 4 atom stereocenters. The average molecular weight is 556 g/mol. The van der Waals surface area contributed by atoms with E-state index in [1.807, 2.05) is 37.3 Å². The molecule has 2 aromatic carbocycles. The average Bonchev–Trinajstić information content (AvgIpc) is 2.82. The number of sulfonamides is 1. The predicted octanol–water partition coefficient (Wildman–Crippen LogP) is 5.25. The van der Waals surface area contributed by atoms with E-state index in [0.717, 1.165) is 11.1 Å². The third-order valence-electron chi connectivity index (χ3n) is 6.92. The summed E-state index contributed by atoms with van der Waals surface area (Å²) in [5.74, 6) is -1.75. The zero-order chi connectivity index (χ0) is 26.7. The van der Waals surface area contributed by atoms with Gasteiger partial charge >= 0.3 is 5.97 Å². The fourth-order valence-electron chi connectivity index (χ4n) is 5.05. The fourth-order valence-corrected chi connectivity index (χ4v) is 6.02. The number of carboxylic acids is 1. The molecule has 1 aliphatic heterocycles. The smallest absolute Gasteiger partial charge is 0.304 e. The summed E-state index contributed by atoms with van der Waals surface area (Å²) in [6.45, 7) is 5.13. The van der Waals surface area contributed by atoms with Crippen LogP contribution in [0.2, 0.25) is 10.0 Å². The minimum atomic E-state index is -3.50. The van der Waals surface area contributed by atoms with E-state index >= 15 is 0 Å². The van der Waals surface area contributed by atoms with Crippen molar-refractivity contribution >= 4 is 45.1 Å². The number of carbonyl (C=O) groups is 2. The lowest BCUT2D eigenvalue weighted by Crippen LogP contribution is -2.58. The summed E-state index contributed by atoms with van der Waals surface area (Å²) in [5.41, 5.74) is 0.506. The van der Waals surface area contributed by atoms with Crippen molar-refractivity contribution in [3.63, 3.8) is 0 Å². The highest BCUT2D eigenvalue weighted by molar-refractivity contribution is 7.89. The van der Waals surface area contributed by atoms with E-state index in [0.29, 0.717) is 22.9 Å². The molecule has 1 saturated heterocycles. The summed E-state index contributed by atoms with van der Waals surface area (Å²) in [6, 6.07) is 13.6. The van der Waals surface area contributed by atoms with Gasteiger partial charge in [-0.15, -0.1) is 0 Å². The number of likely N-dealkylation sites (tertiary alicyclic amines) is 1. The monoisotopic (exact) mass is 554 g/mol. The first kappa shape index (κ1) is 28.4. The molecular weight excluding hydrogens is 523 g/mol. The Hall–Kier alpha value is -2.13. The second-order valence-electron chi connectivity index (χ2n) is 9.52. The van der Waals surface area contributed by atoms with Crippen LogP contribution in [0, 0.1) is 5.41 Å². The Kier molecular flexibility index (Phi) is 9.09. The second kappa shape index (κ2) is 11.5. The molecule has 0 aliphatic carbocycles. The number of nitrogens with one attached hydrogen (secondary N) is 1. The van der Waals surface area contributed by atoms with Gasteiger partial charge in [0, 0.05) is 28.5 Å². The molecule has 196 valence electrons. The molecule has 1 fully saturated rings. The lowest BCUT2D eigenvalue weighted by Gasteiger charge is -2.52. The van der Waals surface area contributed by atoms with Crippen LogP contribution < -0.4 is 4.72 Å². The Morgan fingerprint density at radius 2 is 1.81 bits per heavy atom. The molecule has 1 heterocycles. The number of carbonyl (C=O) groups excluding carboxylic acids is 1. The van der Waals surface area contributed by atoms with Gasteiger partial charge in [-0.05, 0) is 55.2 Å². The summed E-state index contributed by atoms with van der Waals surface area (Å²) in [6.07, 6.45) is 0.413. The lowest BCUT2D eigenvalue weighted by molar-refractivity contribution is -0.160. The fraction of sp³-hybridized carbons (Fsp3) is 0.462. The standard InChI is InChI=1S/C26H32Cl2N2O5S/c1-4-21(16-29-36(34,35)5-2)30-24(17-9-11-19(27)12-10-17)22(18-7-6-8-20(28)13-18)14-26(3,25(30)33)15-23(31)32/h6-13,21-22,24,29H,4-5,14-16H2,1-3H3,(H,31,32). The van der Waals surface area contributed by atoms with Gasteiger partial charge in [-0.3, -0.25) is 9.59 Å². The third kappa shape index (κ3) is 6.40. The van der Waals surface area contributed by atoms with Gasteiger partial charge < -0.3 is 10.0 Å². The Bertz CT molecular complexity index is 1210. The van der Waals surface area contributed by atoms with Gasteiger partial charge in [0.25, 0.3) is 0 Å². The number of benzene rings is 2. The number of hydrogen-bond donors (Lipinski definition) is 2.